The third kappa shape index (κ3) is 7.81. The van der Waals surface area contributed by atoms with Gasteiger partial charge in [-0.25, -0.2) is 23.7 Å². The van der Waals surface area contributed by atoms with Gasteiger partial charge in [-0.15, -0.1) is 0 Å². The van der Waals surface area contributed by atoms with Gasteiger partial charge in [-0.2, -0.15) is 13.2 Å². The Kier molecular flexibility index (Phi) is 10.1. The van der Waals surface area contributed by atoms with E-state index >= 15 is 0 Å². The van der Waals surface area contributed by atoms with Crippen molar-refractivity contribution in [2.45, 2.75) is 77.0 Å². The Bertz CT molecular complexity index is 1440. The standard InChI is InChI=1S/C31H36F5N5O3/c1-6-7-23(41(4)15-18(2)30(3,32)33)20-10-8-19(9-11-20)16-44-28-22(26(42)31(34,35)36)14-37-27(40-28)24-25(21-12-13-21)38-17-39-29(24)43-5/h7-11,14-15,17,21,26,28,42H,6,12-13,16H2,1-5H3,(H,37,40)/b18-15+,23-7-. The molecule has 2 heterocycles. The summed E-state index contributed by atoms with van der Waals surface area (Å²) in [6.07, 6.45) is -1.09. The fraction of sp³-hybridized carbons (Fsp3) is 0.452. The molecule has 4 rings (SSSR count). The van der Waals surface area contributed by atoms with Gasteiger partial charge in [-0.3, -0.25) is 0 Å². The van der Waals surface area contributed by atoms with Crippen LogP contribution in [0.25, 0.3) is 5.70 Å². The first-order chi connectivity index (χ1) is 20.7. The highest BCUT2D eigenvalue weighted by Gasteiger charge is 2.45. The molecule has 2 unspecified atom stereocenters. The van der Waals surface area contributed by atoms with Crippen LogP contribution in [0.2, 0.25) is 0 Å². The Morgan fingerprint density at radius 2 is 1.84 bits per heavy atom. The lowest BCUT2D eigenvalue weighted by Gasteiger charge is -2.28. The third-order valence-corrected chi connectivity index (χ3v) is 7.28. The molecule has 2 aliphatic rings. The van der Waals surface area contributed by atoms with E-state index in [1.165, 1.54) is 26.6 Å². The van der Waals surface area contributed by atoms with Gasteiger partial charge < -0.3 is 24.8 Å². The molecule has 1 saturated carbocycles. The van der Waals surface area contributed by atoms with Crippen LogP contribution in [0, 0.1) is 0 Å². The molecule has 0 bridgehead atoms. The molecule has 1 aromatic carbocycles. The lowest BCUT2D eigenvalue weighted by Crippen LogP contribution is -2.40. The van der Waals surface area contributed by atoms with E-state index < -0.39 is 30.0 Å². The molecular formula is C31H36F5N5O3. The van der Waals surface area contributed by atoms with Crippen LogP contribution < -0.4 is 10.1 Å². The Labute approximate surface area is 253 Å². The SMILES string of the molecule is CC/C=C(/c1ccc(COC2N=C(c3c(OC)ncnc3C3CC3)NC=C2C(O)C(F)(F)F)cc1)N(C)/C=C(\C)C(C)(F)F. The molecule has 1 aliphatic carbocycles. The zero-order valence-corrected chi connectivity index (χ0v) is 25.1. The zero-order chi connectivity index (χ0) is 32.2. The molecule has 1 aromatic heterocycles. The monoisotopic (exact) mass is 621 g/mol. The van der Waals surface area contributed by atoms with Gasteiger partial charge in [0.05, 0.1) is 19.4 Å². The Hall–Kier alpha value is -3.84. The predicted octanol–water partition coefficient (Wildman–Crippen LogP) is 6.30. The third-order valence-electron chi connectivity index (χ3n) is 7.28. The summed E-state index contributed by atoms with van der Waals surface area (Å²) in [6, 6.07) is 7.01. The molecule has 0 saturated heterocycles. The normalized spacial score (nSPS) is 18.8. The number of allylic oxidation sites excluding steroid dienone is 2. The van der Waals surface area contributed by atoms with Gasteiger partial charge in [0.1, 0.15) is 17.7 Å². The number of aliphatic hydroxyl groups excluding tert-OH is 1. The minimum Gasteiger partial charge on any atom is -0.480 e. The molecule has 0 radical (unpaired) electrons. The number of nitrogens with zero attached hydrogens (tertiary/aromatic N) is 4. The second kappa shape index (κ2) is 13.4. The lowest BCUT2D eigenvalue weighted by molar-refractivity contribution is -0.195. The van der Waals surface area contributed by atoms with E-state index in [0.29, 0.717) is 28.9 Å². The first-order valence-electron chi connectivity index (χ1n) is 14.1. The van der Waals surface area contributed by atoms with Gasteiger partial charge >= 0.3 is 6.18 Å². The van der Waals surface area contributed by atoms with Crippen molar-refractivity contribution in [1.29, 1.82) is 0 Å². The summed E-state index contributed by atoms with van der Waals surface area (Å²) in [5.74, 6) is -2.43. The van der Waals surface area contributed by atoms with Crippen LogP contribution in [0.3, 0.4) is 0 Å². The van der Waals surface area contributed by atoms with E-state index in [0.717, 1.165) is 31.5 Å². The number of halogens is 5. The summed E-state index contributed by atoms with van der Waals surface area (Å²) in [6.45, 7) is 4.00. The summed E-state index contributed by atoms with van der Waals surface area (Å²) in [5.41, 5.74) is 2.57. The van der Waals surface area contributed by atoms with Crippen molar-refractivity contribution in [2.75, 3.05) is 14.2 Å². The maximum atomic E-state index is 13.7. The average Bonchev–Trinajstić information content (AvgIpc) is 3.83. The number of hydrogen-bond donors (Lipinski definition) is 2. The first kappa shape index (κ1) is 33.1. The number of benzene rings is 1. The largest absolute Gasteiger partial charge is 0.480 e. The van der Waals surface area contributed by atoms with Crippen LogP contribution in [-0.2, 0) is 11.3 Å². The van der Waals surface area contributed by atoms with E-state index in [-0.39, 0.29) is 29.8 Å². The maximum absolute atomic E-state index is 13.7. The van der Waals surface area contributed by atoms with Gasteiger partial charge in [-0.1, -0.05) is 37.3 Å². The molecular weight excluding hydrogens is 585 g/mol. The number of methoxy groups -OCH3 is 1. The van der Waals surface area contributed by atoms with Gasteiger partial charge in [0.15, 0.2) is 12.3 Å². The number of ether oxygens (including phenoxy) is 2. The van der Waals surface area contributed by atoms with E-state index in [2.05, 4.69) is 20.3 Å². The molecule has 2 N–H and O–H groups in total. The molecule has 0 amide bonds. The first-order valence-corrected chi connectivity index (χ1v) is 14.1. The average molecular weight is 622 g/mol. The summed E-state index contributed by atoms with van der Waals surface area (Å²) < 4.78 is 79.4. The fourth-order valence-electron chi connectivity index (χ4n) is 4.63. The van der Waals surface area contributed by atoms with Crippen molar-refractivity contribution in [3.63, 3.8) is 0 Å². The second-order valence-corrected chi connectivity index (χ2v) is 10.8. The zero-order valence-electron chi connectivity index (χ0n) is 25.1. The Morgan fingerprint density at radius 1 is 1.16 bits per heavy atom. The highest BCUT2D eigenvalue weighted by molar-refractivity contribution is 6.03. The number of aliphatic imine (C=N–C) groups is 1. The topological polar surface area (TPSA) is 92.1 Å². The van der Waals surface area contributed by atoms with Crippen LogP contribution in [0.4, 0.5) is 22.0 Å². The Balaban J connectivity index is 1.59. The van der Waals surface area contributed by atoms with E-state index in [9.17, 15) is 27.1 Å². The molecule has 2 atom stereocenters. The van der Waals surface area contributed by atoms with E-state index in [1.807, 2.05) is 13.0 Å². The quantitative estimate of drug-likeness (QED) is 0.269. The number of alkyl halides is 5. The molecule has 0 spiro atoms. The van der Waals surface area contributed by atoms with Gasteiger partial charge in [0.25, 0.3) is 5.92 Å². The van der Waals surface area contributed by atoms with E-state index in [4.69, 9.17) is 9.47 Å². The number of rotatable bonds is 12. The minimum atomic E-state index is -4.95. The summed E-state index contributed by atoms with van der Waals surface area (Å²) >= 11 is 0. The molecule has 2 aromatic rings. The summed E-state index contributed by atoms with van der Waals surface area (Å²) in [7, 11) is 3.11. The van der Waals surface area contributed by atoms with Gasteiger partial charge in [0, 0.05) is 49.1 Å². The summed E-state index contributed by atoms with van der Waals surface area (Å²) in [4.78, 5) is 14.5. The van der Waals surface area contributed by atoms with Crippen molar-refractivity contribution < 1.29 is 36.5 Å². The van der Waals surface area contributed by atoms with Crippen molar-refractivity contribution in [1.82, 2.24) is 20.2 Å². The van der Waals surface area contributed by atoms with Crippen LogP contribution in [-0.4, -0.2) is 64.4 Å². The highest BCUT2D eigenvalue weighted by Crippen LogP contribution is 2.42. The highest BCUT2D eigenvalue weighted by atomic mass is 19.4. The van der Waals surface area contributed by atoms with E-state index in [1.54, 1.807) is 36.2 Å². The molecule has 1 aliphatic heterocycles. The maximum Gasteiger partial charge on any atom is 0.418 e. The van der Waals surface area contributed by atoms with Crippen molar-refractivity contribution >= 4 is 11.5 Å². The van der Waals surface area contributed by atoms with Gasteiger partial charge in [0.2, 0.25) is 5.88 Å². The number of hydrogen-bond acceptors (Lipinski definition) is 8. The molecule has 44 heavy (non-hydrogen) atoms. The molecule has 238 valence electrons. The lowest BCUT2D eigenvalue weighted by atomic mass is 10.1. The van der Waals surface area contributed by atoms with Crippen molar-refractivity contribution in [3.05, 3.63) is 82.6 Å². The molecule has 8 nitrogen and oxygen atoms in total. The Morgan fingerprint density at radius 3 is 2.41 bits per heavy atom. The van der Waals surface area contributed by atoms with Crippen molar-refractivity contribution in [2.24, 2.45) is 4.99 Å². The van der Waals surface area contributed by atoms with Crippen LogP contribution in [0.1, 0.15) is 68.3 Å². The van der Waals surface area contributed by atoms with Crippen molar-refractivity contribution in [3.8, 4) is 5.88 Å². The number of amidine groups is 1. The number of nitrogens with one attached hydrogen (secondary N) is 1. The summed E-state index contributed by atoms with van der Waals surface area (Å²) in [5, 5.41) is 12.9. The minimum absolute atomic E-state index is 0.0947. The molecule has 13 heteroatoms. The smallest absolute Gasteiger partial charge is 0.418 e. The van der Waals surface area contributed by atoms with Crippen LogP contribution >= 0.6 is 0 Å². The number of aromatic nitrogens is 2. The second-order valence-electron chi connectivity index (χ2n) is 10.8. The number of aliphatic hydroxyl groups is 1. The van der Waals surface area contributed by atoms with Crippen LogP contribution in [0.5, 0.6) is 5.88 Å². The predicted molar refractivity (Wildman–Crippen MR) is 156 cm³/mol. The molecule has 1 fully saturated rings. The fourth-order valence-corrected chi connectivity index (χ4v) is 4.63. The van der Waals surface area contributed by atoms with Gasteiger partial charge in [-0.05, 0) is 37.3 Å². The van der Waals surface area contributed by atoms with Crippen LogP contribution in [0.15, 0.2) is 65.2 Å².